The molecule has 0 bridgehead atoms. The van der Waals surface area contributed by atoms with Gasteiger partial charge in [0.1, 0.15) is 0 Å². The predicted molar refractivity (Wildman–Crippen MR) is 39.2 cm³/mol. The predicted octanol–water partition coefficient (Wildman–Crippen LogP) is 0.563. The van der Waals surface area contributed by atoms with Gasteiger partial charge in [-0.05, 0) is 6.42 Å². The molecule has 4 heteroatoms. The van der Waals surface area contributed by atoms with Crippen molar-refractivity contribution < 1.29 is 9.53 Å². The van der Waals surface area contributed by atoms with Gasteiger partial charge in [-0.3, -0.25) is 0 Å². The normalized spacial score (nSPS) is 10.5. The Hall–Kier alpha value is -0.900. The molecule has 0 aromatic rings. The number of nitrogens with zero attached hydrogens (tertiary/aromatic N) is 1. The van der Waals surface area contributed by atoms with E-state index in [1.807, 2.05) is 6.92 Å². The van der Waals surface area contributed by atoms with E-state index in [-0.39, 0.29) is 0 Å². The molecule has 0 unspecified atom stereocenters. The average Bonchev–Trinajstić information content (AvgIpc) is 1.87. The van der Waals surface area contributed by atoms with E-state index in [1.165, 1.54) is 6.21 Å². The number of carbonyl (C=O) groups excluding carboxylic acids is 1. The van der Waals surface area contributed by atoms with Gasteiger partial charge in [0.25, 0.3) is 0 Å². The molecule has 4 nitrogen and oxygen atoms in total. The Morgan fingerprint density at radius 2 is 2.50 bits per heavy atom. The van der Waals surface area contributed by atoms with Crippen molar-refractivity contribution in [1.29, 1.82) is 0 Å². The van der Waals surface area contributed by atoms with Crippen LogP contribution in [0, 0.1) is 0 Å². The van der Waals surface area contributed by atoms with Crippen LogP contribution in [0.3, 0.4) is 0 Å². The maximum atomic E-state index is 10.0. The number of urea groups is 1. The fourth-order valence-electron chi connectivity index (χ4n) is 0.408. The maximum Gasteiger partial charge on any atom is 0.338 e. The van der Waals surface area contributed by atoms with Gasteiger partial charge in [-0.25, -0.2) is 9.79 Å². The van der Waals surface area contributed by atoms with E-state index >= 15 is 0 Å². The molecule has 0 aliphatic carbocycles. The molecule has 0 aliphatic rings. The number of hydrogen-bond acceptors (Lipinski definition) is 2. The molecule has 0 radical (unpaired) electrons. The first-order valence-electron chi connectivity index (χ1n) is 3.17. The number of carbonyl (C=O) groups is 1. The lowest BCUT2D eigenvalue weighted by atomic mass is 10.5. The van der Waals surface area contributed by atoms with E-state index in [1.54, 1.807) is 0 Å². The van der Waals surface area contributed by atoms with Crippen LogP contribution in [0.4, 0.5) is 4.79 Å². The molecule has 0 aromatic heterocycles. The van der Waals surface area contributed by atoms with Gasteiger partial charge in [-0.1, -0.05) is 6.92 Å². The lowest BCUT2D eigenvalue weighted by Gasteiger charge is -1.93. The first-order chi connectivity index (χ1) is 4.77. The summed E-state index contributed by atoms with van der Waals surface area (Å²) in [6.07, 6.45) is 2.32. The highest BCUT2D eigenvalue weighted by molar-refractivity contribution is 5.82. The summed E-state index contributed by atoms with van der Waals surface area (Å²) in [4.78, 5) is 13.3. The molecule has 0 saturated heterocycles. The van der Waals surface area contributed by atoms with Gasteiger partial charge in [-0.2, -0.15) is 0 Å². The molecule has 0 aliphatic heterocycles. The van der Waals surface area contributed by atoms with Gasteiger partial charge in [0, 0.05) is 12.8 Å². The smallest absolute Gasteiger partial charge is 0.338 e. The molecule has 0 fully saturated rings. The zero-order valence-corrected chi connectivity index (χ0v) is 6.04. The molecule has 0 atom stereocenters. The number of ether oxygens (including phenoxy) is 1. The van der Waals surface area contributed by atoms with Crippen LogP contribution < -0.4 is 5.73 Å². The average molecular weight is 144 g/mol. The number of rotatable bonds is 4. The number of primary amides is 1. The molecule has 2 N–H and O–H groups in total. The topological polar surface area (TPSA) is 64.7 Å². The van der Waals surface area contributed by atoms with Gasteiger partial charge in [0.15, 0.2) is 0 Å². The van der Waals surface area contributed by atoms with Crippen molar-refractivity contribution in [2.75, 3.05) is 13.2 Å². The Bertz CT molecular complexity index is 123. The van der Waals surface area contributed by atoms with Crippen LogP contribution in [0.25, 0.3) is 0 Å². The van der Waals surface area contributed by atoms with Crippen molar-refractivity contribution in [2.45, 2.75) is 13.3 Å². The van der Waals surface area contributed by atoms with Gasteiger partial charge in [0.05, 0.1) is 6.61 Å². The SMILES string of the molecule is CCCOCC=NC(N)=O. The second-order valence-corrected chi connectivity index (χ2v) is 1.72. The third-order valence-electron chi connectivity index (χ3n) is 0.759. The van der Waals surface area contributed by atoms with Crippen LogP contribution in [0.15, 0.2) is 4.99 Å². The number of nitrogens with two attached hydrogens (primary N) is 1. The molecule has 0 heterocycles. The van der Waals surface area contributed by atoms with Gasteiger partial charge < -0.3 is 10.5 Å². The number of aliphatic imine (C=N–C) groups is 1. The number of hydrogen-bond donors (Lipinski definition) is 1. The molecule has 0 rings (SSSR count). The minimum absolute atomic E-state index is 0.358. The fraction of sp³-hybridized carbons (Fsp3) is 0.667. The van der Waals surface area contributed by atoms with Crippen molar-refractivity contribution in [3.8, 4) is 0 Å². The van der Waals surface area contributed by atoms with Crippen molar-refractivity contribution >= 4 is 12.2 Å². The van der Waals surface area contributed by atoms with E-state index in [2.05, 4.69) is 4.99 Å². The third-order valence-corrected chi connectivity index (χ3v) is 0.759. The molecule has 0 saturated carbocycles. The van der Waals surface area contributed by atoms with Crippen molar-refractivity contribution in [3.05, 3.63) is 0 Å². The molecule has 0 spiro atoms. The molecule has 58 valence electrons. The first-order valence-corrected chi connectivity index (χ1v) is 3.17. The Balaban J connectivity index is 3.10. The third kappa shape index (κ3) is 7.10. The zero-order chi connectivity index (χ0) is 7.82. The summed E-state index contributed by atoms with van der Waals surface area (Å²) < 4.78 is 4.98. The van der Waals surface area contributed by atoms with Crippen molar-refractivity contribution in [3.63, 3.8) is 0 Å². The summed E-state index contributed by atoms with van der Waals surface area (Å²) in [7, 11) is 0. The van der Waals surface area contributed by atoms with E-state index < -0.39 is 6.03 Å². The van der Waals surface area contributed by atoms with Gasteiger partial charge in [-0.15, -0.1) is 0 Å². The second-order valence-electron chi connectivity index (χ2n) is 1.72. The summed E-state index contributed by atoms with van der Waals surface area (Å²) >= 11 is 0. The van der Waals surface area contributed by atoms with Gasteiger partial charge >= 0.3 is 6.03 Å². The quantitative estimate of drug-likeness (QED) is 0.463. The van der Waals surface area contributed by atoms with Crippen LogP contribution in [0.2, 0.25) is 0 Å². The summed E-state index contributed by atoms with van der Waals surface area (Å²) in [5, 5.41) is 0. The summed E-state index contributed by atoms with van der Waals surface area (Å²) in [5.74, 6) is 0. The fourth-order valence-corrected chi connectivity index (χ4v) is 0.408. The Kier molecular flexibility index (Phi) is 5.66. The largest absolute Gasteiger partial charge is 0.376 e. The van der Waals surface area contributed by atoms with E-state index in [9.17, 15) is 4.79 Å². The molecular weight excluding hydrogens is 132 g/mol. The summed E-state index contributed by atoms with van der Waals surface area (Å²) in [6, 6.07) is -0.680. The Morgan fingerprint density at radius 1 is 1.80 bits per heavy atom. The molecule has 2 amide bonds. The monoisotopic (exact) mass is 144 g/mol. The van der Waals surface area contributed by atoms with E-state index in [4.69, 9.17) is 10.5 Å². The summed E-state index contributed by atoms with van der Waals surface area (Å²) in [5.41, 5.74) is 4.71. The standard InChI is InChI=1S/C6H12N2O2/c1-2-4-10-5-3-8-6(7)9/h3H,2,4-5H2,1H3,(H2,7,9). The number of amides is 2. The van der Waals surface area contributed by atoms with Gasteiger partial charge in [0.2, 0.25) is 0 Å². The first kappa shape index (κ1) is 9.10. The van der Waals surface area contributed by atoms with Crippen molar-refractivity contribution in [1.82, 2.24) is 0 Å². The molecule has 0 aromatic carbocycles. The molecular formula is C6H12N2O2. The zero-order valence-electron chi connectivity index (χ0n) is 6.04. The Morgan fingerprint density at radius 3 is 3.00 bits per heavy atom. The van der Waals surface area contributed by atoms with Crippen LogP contribution in [0.1, 0.15) is 13.3 Å². The van der Waals surface area contributed by atoms with Crippen molar-refractivity contribution in [2.24, 2.45) is 10.7 Å². The second kappa shape index (κ2) is 6.22. The highest BCUT2D eigenvalue weighted by Gasteiger charge is 1.82. The van der Waals surface area contributed by atoms with Crippen LogP contribution in [-0.4, -0.2) is 25.5 Å². The lowest BCUT2D eigenvalue weighted by Crippen LogP contribution is -2.06. The summed E-state index contributed by atoms with van der Waals surface area (Å²) in [6.45, 7) is 3.05. The molecule has 10 heavy (non-hydrogen) atoms. The maximum absolute atomic E-state index is 10.0. The van der Waals surface area contributed by atoms with Crippen LogP contribution in [0.5, 0.6) is 0 Å². The Labute approximate surface area is 60.1 Å². The minimum Gasteiger partial charge on any atom is -0.376 e. The van der Waals surface area contributed by atoms with Crippen LogP contribution >= 0.6 is 0 Å². The van der Waals surface area contributed by atoms with Crippen LogP contribution in [-0.2, 0) is 4.74 Å². The highest BCUT2D eigenvalue weighted by atomic mass is 16.5. The lowest BCUT2D eigenvalue weighted by molar-refractivity contribution is 0.174. The highest BCUT2D eigenvalue weighted by Crippen LogP contribution is 1.77. The minimum atomic E-state index is -0.680. The van der Waals surface area contributed by atoms with E-state index in [0.29, 0.717) is 13.2 Å². The van der Waals surface area contributed by atoms with E-state index in [0.717, 1.165) is 6.42 Å².